The van der Waals surface area contributed by atoms with E-state index < -0.39 is 35.2 Å². The van der Waals surface area contributed by atoms with Gasteiger partial charge in [0.15, 0.2) is 0 Å². The highest BCUT2D eigenvalue weighted by Gasteiger charge is 2.36. The smallest absolute Gasteiger partial charge is 0.343 e. The summed E-state index contributed by atoms with van der Waals surface area (Å²) in [7, 11) is 1.19. The van der Waals surface area contributed by atoms with Crippen LogP contribution in [0.25, 0.3) is 17.0 Å². The number of anilines is 1. The summed E-state index contributed by atoms with van der Waals surface area (Å²) in [6.45, 7) is -0.565. The number of para-hydroxylation sites is 1. The van der Waals surface area contributed by atoms with E-state index in [1.165, 1.54) is 31.4 Å². The van der Waals surface area contributed by atoms with Crippen molar-refractivity contribution in [2.45, 2.75) is 0 Å². The number of imide groups is 1. The van der Waals surface area contributed by atoms with Gasteiger partial charge in [0.05, 0.1) is 28.2 Å². The molecule has 1 N–H and O–H groups in total. The van der Waals surface area contributed by atoms with Gasteiger partial charge in [-0.1, -0.05) is 29.8 Å². The first-order valence-electron chi connectivity index (χ1n) is 9.73. The van der Waals surface area contributed by atoms with Crippen molar-refractivity contribution < 1.29 is 28.3 Å². The van der Waals surface area contributed by atoms with Gasteiger partial charge < -0.3 is 14.5 Å². The molecule has 11 heteroatoms. The Bertz CT molecular complexity index is 1450. The Labute approximate surface area is 201 Å². The van der Waals surface area contributed by atoms with Crippen LogP contribution in [0.5, 0.6) is 0 Å². The van der Waals surface area contributed by atoms with E-state index in [1.807, 2.05) is 0 Å². The number of thioether (sulfide) groups is 1. The summed E-state index contributed by atoms with van der Waals surface area (Å²) in [4.78, 5) is 62.3. The Kier molecular flexibility index (Phi) is 6.53. The number of fused-ring (bicyclic) bond motifs is 1. The third-order valence-electron chi connectivity index (χ3n) is 4.79. The van der Waals surface area contributed by atoms with Crippen molar-refractivity contribution in [3.05, 3.63) is 80.0 Å². The molecule has 0 spiro atoms. The maximum atomic E-state index is 12.7. The largest absolute Gasteiger partial charge is 0.465 e. The van der Waals surface area contributed by atoms with E-state index in [1.54, 1.807) is 30.3 Å². The number of hydrogen-bond acceptors (Lipinski definition) is 8. The topological polar surface area (TPSA) is 123 Å². The van der Waals surface area contributed by atoms with Gasteiger partial charge in [-0.3, -0.25) is 19.3 Å². The number of halogens is 1. The average Bonchev–Trinajstić information content (AvgIpc) is 3.07. The zero-order valence-electron chi connectivity index (χ0n) is 17.5. The Hall–Kier alpha value is -3.89. The molecule has 0 radical (unpaired) electrons. The Balaban J connectivity index is 1.50. The molecule has 0 atom stereocenters. The average molecular weight is 499 g/mol. The number of methoxy groups -OCH3 is 1. The van der Waals surface area contributed by atoms with Crippen LogP contribution in [0, 0.1) is 0 Å². The first-order valence-corrected chi connectivity index (χ1v) is 10.9. The highest BCUT2D eigenvalue weighted by molar-refractivity contribution is 8.18. The fraction of sp³-hybridized carbons (Fsp3) is 0.0870. The van der Waals surface area contributed by atoms with E-state index in [2.05, 4.69) is 10.1 Å². The maximum absolute atomic E-state index is 12.7. The zero-order chi connectivity index (χ0) is 24.4. The van der Waals surface area contributed by atoms with E-state index in [0.717, 1.165) is 4.90 Å². The second-order valence-electron chi connectivity index (χ2n) is 7.03. The van der Waals surface area contributed by atoms with Gasteiger partial charge in [-0.15, -0.1) is 0 Å². The zero-order valence-corrected chi connectivity index (χ0v) is 19.1. The van der Waals surface area contributed by atoms with Crippen molar-refractivity contribution in [2.75, 3.05) is 19.0 Å². The molecular weight excluding hydrogens is 484 g/mol. The summed E-state index contributed by atoms with van der Waals surface area (Å²) < 4.78 is 9.87. The first-order chi connectivity index (χ1) is 16.3. The van der Waals surface area contributed by atoms with Crippen molar-refractivity contribution in [1.82, 2.24) is 4.90 Å². The molecule has 4 rings (SSSR count). The number of nitrogens with zero attached hydrogens (tertiary/aromatic N) is 1. The number of nitrogens with one attached hydrogen (secondary N) is 1. The third kappa shape index (κ3) is 4.73. The standard InChI is InChI=1S/C23H15ClN2O7S/c1-32-22(30)15-10-14(6-7-16(15)24)25-19(27)11-26-20(28)18(34-23(26)31)9-13-8-12-4-2-3-5-17(12)33-21(13)29/h2-10H,11H2,1H3,(H,25,27)/b18-9+. The van der Waals surface area contributed by atoms with Crippen LogP contribution < -0.4 is 10.9 Å². The lowest BCUT2D eigenvalue weighted by Gasteiger charge is -2.13. The Morgan fingerprint density at radius 2 is 1.91 bits per heavy atom. The molecule has 0 aliphatic carbocycles. The van der Waals surface area contributed by atoms with Crippen molar-refractivity contribution in [3.8, 4) is 0 Å². The molecule has 0 bridgehead atoms. The van der Waals surface area contributed by atoms with Crippen molar-refractivity contribution in [3.63, 3.8) is 0 Å². The summed E-state index contributed by atoms with van der Waals surface area (Å²) in [6, 6.07) is 12.6. The summed E-state index contributed by atoms with van der Waals surface area (Å²) >= 11 is 6.57. The molecule has 3 amide bonds. The van der Waals surface area contributed by atoms with Gasteiger partial charge in [-0.2, -0.15) is 0 Å². The summed E-state index contributed by atoms with van der Waals surface area (Å²) in [5.41, 5.74) is 0.112. The van der Waals surface area contributed by atoms with Crippen LogP contribution in [-0.2, 0) is 14.3 Å². The van der Waals surface area contributed by atoms with Crippen molar-refractivity contribution in [2.24, 2.45) is 0 Å². The van der Waals surface area contributed by atoms with Crippen LogP contribution in [0.1, 0.15) is 15.9 Å². The van der Waals surface area contributed by atoms with Crippen molar-refractivity contribution >= 4 is 69.1 Å². The van der Waals surface area contributed by atoms with Gasteiger partial charge in [0.1, 0.15) is 12.1 Å². The molecule has 0 unspecified atom stereocenters. The molecule has 2 heterocycles. The fourth-order valence-electron chi connectivity index (χ4n) is 3.17. The van der Waals surface area contributed by atoms with Crippen LogP contribution in [0.2, 0.25) is 5.02 Å². The number of carbonyl (C=O) groups excluding carboxylic acids is 4. The Morgan fingerprint density at radius 1 is 1.15 bits per heavy atom. The summed E-state index contributed by atoms with van der Waals surface area (Å²) in [5, 5.41) is 2.63. The molecule has 1 fully saturated rings. The van der Waals surface area contributed by atoms with Crippen LogP contribution in [0.3, 0.4) is 0 Å². The monoisotopic (exact) mass is 498 g/mol. The van der Waals surface area contributed by atoms with E-state index in [4.69, 9.17) is 16.0 Å². The molecule has 2 aromatic carbocycles. The maximum Gasteiger partial charge on any atom is 0.343 e. The van der Waals surface area contributed by atoms with E-state index in [9.17, 15) is 24.0 Å². The molecule has 0 saturated carbocycles. The number of rotatable bonds is 5. The highest BCUT2D eigenvalue weighted by atomic mass is 35.5. The predicted octanol–water partition coefficient (Wildman–Crippen LogP) is 3.91. The summed E-state index contributed by atoms with van der Waals surface area (Å²) in [6.07, 6.45) is 1.27. The van der Waals surface area contributed by atoms with Gasteiger partial charge in [0, 0.05) is 11.1 Å². The molecule has 9 nitrogen and oxygen atoms in total. The van der Waals surface area contributed by atoms with Gasteiger partial charge in [-0.25, -0.2) is 9.59 Å². The molecule has 3 aromatic rings. The van der Waals surface area contributed by atoms with Crippen LogP contribution >= 0.6 is 23.4 Å². The minimum Gasteiger partial charge on any atom is -0.465 e. The lowest BCUT2D eigenvalue weighted by atomic mass is 10.2. The normalized spacial score (nSPS) is 14.6. The SMILES string of the molecule is COC(=O)c1cc(NC(=O)CN2C(=O)S/C(=C/c3cc4ccccc4oc3=O)C2=O)ccc1Cl. The second kappa shape index (κ2) is 9.54. The van der Waals surface area contributed by atoms with Crippen molar-refractivity contribution in [1.29, 1.82) is 0 Å². The predicted molar refractivity (Wildman–Crippen MR) is 127 cm³/mol. The molecule has 172 valence electrons. The van der Waals surface area contributed by atoms with Gasteiger partial charge in [0.2, 0.25) is 5.91 Å². The second-order valence-corrected chi connectivity index (χ2v) is 8.43. The molecule has 1 aliphatic heterocycles. The number of amides is 3. The Morgan fingerprint density at radius 3 is 2.68 bits per heavy atom. The fourth-order valence-corrected chi connectivity index (χ4v) is 4.19. The van der Waals surface area contributed by atoms with E-state index in [0.29, 0.717) is 22.7 Å². The van der Waals surface area contributed by atoms with Crippen LogP contribution in [0.4, 0.5) is 10.5 Å². The quantitative estimate of drug-likeness (QED) is 0.319. The number of benzene rings is 2. The lowest BCUT2D eigenvalue weighted by Crippen LogP contribution is -2.36. The van der Waals surface area contributed by atoms with Crippen LogP contribution in [0.15, 0.2) is 62.6 Å². The number of esters is 1. The van der Waals surface area contributed by atoms with Crippen LogP contribution in [-0.4, -0.2) is 41.6 Å². The summed E-state index contributed by atoms with van der Waals surface area (Å²) in [5.74, 6) is -2.08. The molecule has 1 aliphatic rings. The van der Waals surface area contributed by atoms with Gasteiger partial charge >= 0.3 is 11.6 Å². The van der Waals surface area contributed by atoms with Gasteiger partial charge in [-0.05, 0) is 48.2 Å². The first kappa shape index (κ1) is 23.3. The third-order valence-corrected chi connectivity index (χ3v) is 6.02. The lowest BCUT2D eigenvalue weighted by molar-refractivity contribution is -0.127. The molecule has 1 saturated heterocycles. The van der Waals surface area contributed by atoms with Gasteiger partial charge in [0.25, 0.3) is 11.1 Å². The minimum atomic E-state index is -0.718. The van der Waals surface area contributed by atoms with E-state index in [-0.39, 0.29) is 26.7 Å². The molecular formula is C23H15ClN2O7S. The molecule has 1 aromatic heterocycles. The number of hydrogen-bond donors (Lipinski definition) is 1. The highest BCUT2D eigenvalue weighted by Crippen LogP contribution is 2.32. The van der Waals surface area contributed by atoms with E-state index >= 15 is 0 Å². The molecule has 34 heavy (non-hydrogen) atoms. The number of ether oxygens (including phenoxy) is 1. The number of carbonyl (C=O) groups is 4. The minimum absolute atomic E-state index is 0.0140.